The molecular formula is C16H16N6. The second-order valence-corrected chi connectivity index (χ2v) is 4.70. The summed E-state index contributed by atoms with van der Waals surface area (Å²) in [5, 5.41) is 7.14. The molecule has 22 heavy (non-hydrogen) atoms. The van der Waals surface area contributed by atoms with Gasteiger partial charge in [0.15, 0.2) is 5.96 Å². The van der Waals surface area contributed by atoms with E-state index in [1.165, 1.54) is 6.33 Å². The van der Waals surface area contributed by atoms with Crippen LogP contribution in [0.4, 0.5) is 5.69 Å². The van der Waals surface area contributed by atoms with Crippen molar-refractivity contribution in [2.45, 2.75) is 6.54 Å². The van der Waals surface area contributed by atoms with E-state index in [2.05, 4.69) is 20.4 Å². The van der Waals surface area contributed by atoms with Crippen LogP contribution in [0.15, 0.2) is 72.2 Å². The Kier molecular flexibility index (Phi) is 4.10. The number of para-hydroxylation sites is 1. The highest BCUT2D eigenvalue weighted by molar-refractivity contribution is 5.92. The van der Waals surface area contributed by atoms with Gasteiger partial charge in [-0.3, -0.25) is 0 Å². The van der Waals surface area contributed by atoms with Crippen molar-refractivity contribution in [2.24, 2.45) is 10.7 Å². The van der Waals surface area contributed by atoms with Gasteiger partial charge in [0, 0.05) is 5.69 Å². The van der Waals surface area contributed by atoms with Crippen LogP contribution in [0.5, 0.6) is 0 Å². The molecule has 6 heteroatoms. The fourth-order valence-corrected chi connectivity index (χ4v) is 1.98. The minimum Gasteiger partial charge on any atom is -0.370 e. The zero-order valence-electron chi connectivity index (χ0n) is 11.9. The molecule has 0 unspecified atom stereocenters. The summed E-state index contributed by atoms with van der Waals surface area (Å²) in [5.41, 5.74) is 8.83. The average Bonchev–Trinajstić information content (AvgIpc) is 3.09. The van der Waals surface area contributed by atoms with Gasteiger partial charge in [-0.15, -0.1) is 0 Å². The Morgan fingerprint density at radius 2 is 1.86 bits per heavy atom. The van der Waals surface area contributed by atoms with Crippen LogP contribution < -0.4 is 11.1 Å². The first-order valence-corrected chi connectivity index (χ1v) is 6.87. The molecule has 0 amide bonds. The zero-order valence-corrected chi connectivity index (χ0v) is 11.9. The fourth-order valence-electron chi connectivity index (χ4n) is 1.98. The van der Waals surface area contributed by atoms with Crippen LogP contribution in [0.25, 0.3) is 5.69 Å². The van der Waals surface area contributed by atoms with Gasteiger partial charge in [-0.05, 0) is 29.8 Å². The van der Waals surface area contributed by atoms with E-state index >= 15 is 0 Å². The monoisotopic (exact) mass is 292 g/mol. The second-order valence-electron chi connectivity index (χ2n) is 4.70. The predicted molar refractivity (Wildman–Crippen MR) is 86.8 cm³/mol. The zero-order chi connectivity index (χ0) is 15.2. The van der Waals surface area contributed by atoms with Crippen molar-refractivity contribution in [1.29, 1.82) is 0 Å². The lowest BCUT2D eigenvalue weighted by Crippen LogP contribution is -2.22. The molecule has 3 N–H and O–H groups in total. The summed E-state index contributed by atoms with van der Waals surface area (Å²) >= 11 is 0. The minimum absolute atomic E-state index is 0.395. The molecule has 0 saturated heterocycles. The Labute approximate surface area is 128 Å². The van der Waals surface area contributed by atoms with E-state index in [9.17, 15) is 0 Å². The van der Waals surface area contributed by atoms with E-state index in [0.29, 0.717) is 12.5 Å². The molecular weight excluding hydrogens is 276 g/mol. The topological polar surface area (TPSA) is 81.1 Å². The van der Waals surface area contributed by atoms with E-state index < -0.39 is 0 Å². The Morgan fingerprint density at radius 1 is 1.09 bits per heavy atom. The lowest BCUT2D eigenvalue weighted by molar-refractivity contribution is 0.877. The highest BCUT2D eigenvalue weighted by Crippen LogP contribution is 2.09. The summed E-state index contributed by atoms with van der Waals surface area (Å²) in [6.07, 6.45) is 3.17. The van der Waals surface area contributed by atoms with E-state index in [0.717, 1.165) is 16.9 Å². The summed E-state index contributed by atoms with van der Waals surface area (Å²) in [7, 11) is 0. The highest BCUT2D eigenvalue weighted by Gasteiger charge is 1.98. The molecule has 3 rings (SSSR count). The van der Waals surface area contributed by atoms with Gasteiger partial charge in [0.2, 0.25) is 0 Å². The average molecular weight is 292 g/mol. The Hall–Kier alpha value is -3.15. The molecule has 1 heterocycles. The van der Waals surface area contributed by atoms with Gasteiger partial charge < -0.3 is 11.1 Å². The number of aromatic nitrogens is 3. The molecule has 110 valence electrons. The maximum atomic E-state index is 5.88. The number of hydrogen-bond acceptors (Lipinski definition) is 3. The number of hydrogen-bond donors (Lipinski definition) is 2. The van der Waals surface area contributed by atoms with Gasteiger partial charge in [0.25, 0.3) is 0 Å². The smallest absolute Gasteiger partial charge is 0.193 e. The maximum absolute atomic E-state index is 5.88. The molecule has 0 bridgehead atoms. The van der Waals surface area contributed by atoms with Crippen LogP contribution in [0.1, 0.15) is 5.56 Å². The lowest BCUT2D eigenvalue weighted by Gasteiger charge is -2.05. The van der Waals surface area contributed by atoms with Gasteiger partial charge in [0.1, 0.15) is 12.7 Å². The Bertz CT molecular complexity index is 732. The normalized spacial score (nSPS) is 11.4. The third kappa shape index (κ3) is 3.49. The molecule has 0 aliphatic rings. The van der Waals surface area contributed by atoms with Gasteiger partial charge in [-0.2, -0.15) is 5.10 Å². The standard InChI is InChI=1S/C16H16N6/c17-16(21-14-4-2-1-3-5-14)19-10-13-6-8-15(9-7-13)22-12-18-11-20-22/h1-9,11-12H,10H2,(H3,17,19,21). The minimum atomic E-state index is 0.395. The summed E-state index contributed by atoms with van der Waals surface area (Å²) in [5.74, 6) is 0.395. The molecule has 6 nitrogen and oxygen atoms in total. The quantitative estimate of drug-likeness (QED) is 0.570. The van der Waals surface area contributed by atoms with Crippen molar-refractivity contribution in [2.75, 3.05) is 5.32 Å². The van der Waals surface area contributed by atoms with Gasteiger partial charge in [-0.25, -0.2) is 14.7 Å². The van der Waals surface area contributed by atoms with Crippen LogP contribution >= 0.6 is 0 Å². The molecule has 0 saturated carbocycles. The molecule has 0 aliphatic heterocycles. The molecule has 0 fully saturated rings. The number of guanidine groups is 1. The van der Waals surface area contributed by atoms with E-state index in [4.69, 9.17) is 5.73 Å². The Morgan fingerprint density at radius 3 is 2.55 bits per heavy atom. The number of rotatable bonds is 4. The summed E-state index contributed by atoms with van der Waals surface area (Å²) in [6.45, 7) is 0.517. The van der Waals surface area contributed by atoms with Gasteiger partial charge in [-0.1, -0.05) is 30.3 Å². The first kappa shape index (κ1) is 13.8. The first-order valence-electron chi connectivity index (χ1n) is 6.87. The van der Waals surface area contributed by atoms with E-state index in [-0.39, 0.29) is 0 Å². The summed E-state index contributed by atoms with van der Waals surface area (Å²) in [6, 6.07) is 17.7. The number of benzene rings is 2. The van der Waals surface area contributed by atoms with E-state index in [1.807, 2.05) is 54.6 Å². The molecule has 1 aromatic heterocycles. The molecule has 0 spiro atoms. The lowest BCUT2D eigenvalue weighted by atomic mass is 10.2. The van der Waals surface area contributed by atoms with Crippen molar-refractivity contribution >= 4 is 11.6 Å². The number of anilines is 1. The van der Waals surface area contributed by atoms with Crippen molar-refractivity contribution in [3.8, 4) is 5.69 Å². The van der Waals surface area contributed by atoms with Crippen molar-refractivity contribution < 1.29 is 0 Å². The number of nitrogens with two attached hydrogens (primary N) is 1. The fraction of sp³-hybridized carbons (Fsp3) is 0.0625. The first-order chi connectivity index (χ1) is 10.8. The molecule has 0 radical (unpaired) electrons. The SMILES string of the molecule is NC(=NCc1ccc(-n2cncn2)cc1)Nc1ccccc1. The third-order valence-electron chi connectivity index (χ3n) is 3.10. The van der Waals surface area contributed by atoms with Crippen LogP contribution in [-0.4, -0.2) is 20.7 Å². The summed E-state index contributed by atoms with van der Waals surface area (Å²) < 4.78 is 1.71. The Balaban J connectivity index is 1.62. The van der Waals surface area contributed by atoms with Gasteiger partial charge in [0.05, 0.1) is 12.2 Å². The molecule has 2 aromatic carbocycles. The van der Waals surface area contributed by atoms with Gasteiger partial charge >= 0.3 is 0 Å². The highest BCUT2D eigenvalue weighted by atomic mass is 15.3. The van der Waals surface area contributed by atoms with Crippen molar-refractivity contribution in [3.05, 3.63) is 72.8 Å². The number of nitrogens with zero attached hydrogens (tertiary/aromatic N) is 4. The third-order valence-corrected chi connectivity index (χ3v) is 3.10. The van der Waals surface area contributed by atoms with Crippen LogP contribution in [0.3, 0.4) is 0 Å². The molecule has 3 aromatic rings. The van der Waals surface area contributed by atoms with E-state index in [1.54, 1.807) is 11.0 Å². The second kappa shape index (κ2) is 6.53. The van der Waals surface area contributed by atoms with Crippen LogP contribution in [-0.2, 0) is 6.54 Å². The maximum Gasteiger partial charge on any atom is 0.193 e. The predicted octanol–water partition coefficient (Wildman–Crippen LogP) is 2.19. The van der Waals surface area contributed by atoms with Crippen molar-refractivity contribution in [3.63, 3.8) is 0 Å². The van der Waals surface area contributed by atoms with Crippen LogP contribution in [0.2, 0.25) is 0 Å². The summed E-state index contributed by atoms with van der Waals surface area (Å²) in [4.78, 5) is 8.26. The number of aliphatic imine (C=N–C) groups is 1. The molecule has 0 atom stereocenters. The van der Waals surface area contributed by atoms with Crippen molar-refractivity contribution in [1.82, 2.24) is 14.8 Å². The number of nitrogens with one attached hydrogen (secondary N) is 1. The largest absolute Gasteiger partial charge is 0.370 e. The molecule has 0 aliphatic carbocycles. The van der Waals surface area contributed by atoms with Crippen LogP contribution in [0, 0.1) is 0 Å².